The fraction of sp³-hybridized carbons (Fsp3) is 0.158. The van der Waals surface area contributed by atoms with Crippen LogP contribution in [-0.4, -0.2) is 23.9 Å². The van der Waals surface area contributed by atoms with Gasteiger partial charge in [-0.1, -0.05) is 18.2 Å². The Morgan fingerprint density at radius 1 is 1.12 bits per heavy atom. The number of benzene rings is 2. The molecule has 0 atom stereocenters. The van der Waals surface area contributed by atoms with Gasteiger partial charge in [-0.3, -0.25) is 0 Å². The summed E-state index contributed by atoms with van der Waals surface area (Å²) in [6.07, 6.45) is 0. The molecule has 0 fully saturated rings. The van der Waals surface area contributed by atoms with Crippen LogP contribution in [0.4, 0.5) is 17.5 Å². The van der Waals surface area contributed by atoms with Crippen molar-refractivity contribution >= 4 is 17.5 Å². The third kappa shape index (κ3) is 3.25. The van der Waals surface area contributed by atoms with E-state index in [0.717, 1.165) is 28.3 Å². The predicted octanol–water partition coefficient (Wildman–Crippen LogP) is 3.34. The first kappa shape index (κ1) is 16.2. The molecule has 1 aliphatic heterocycles. The third-order valence-corrected chi connectivity index (χ3v) is 4.05. The van der Waals surface area contributed by atoms with Crippen LogP contribution in [-0.2, 0) is 11.3 Å². The number of nitrogens with zero attached hydrogens (tertiary/aromatic N) is 2. The van der Waals surface area contributed by atoms with Crippen molar-refractivity contribution in [1.82, 2.24) is 9.97 Å². The van der Waals surface area contributed by atoms with Crippen molar-refractivity contribution in [3.05, 3.63) is 54.1 Å². The summed E-state index contributed by atoms with van der Waals surface area (Å²) in [7, 11) is 1.63. The van der Waals surface area contributed by atoms with E-state index in [9.17, 15) is 0 Å². The van der Waals surface area contributed by atoms with Crippen molar-refractivity contribution in [2.75, 3.05) is 25.0 Å². The lowest BCUT2D eigenvalue weighted by Crippen LogP contribution is -2.13. The number of nitrogens with one attached hydrogen (secondary N) is 1. The lowest BCUT2D eigenvalue weighted by molar-refractivity contribution is -0.0159. The van der Waals surface area contributed by atoms with Crippen LogP contribution in [0.2, 0.25) is 0 Å². The number of methoxy groups -OCH3 is 1. The van der Waals surface area contributed by atoms with Gasteiger partial charge in [0.15, 0.2) is 6.79 Å². The number of nitrogens with two attached hydrogens (primary N) is 1. The molecule has 0 unspecified atom stereocenters. The van der Waals surface area contributed by atoms with Crippen LogP contribution >= 0.6 is 0 Å². The van der Waals surface area contributed by atoms with E-state index in [-0.39, 0.29) is 12.7 Å². The van der Waals surface area contributed by atoms with Gasteiger partial charge in [0.05, 0.1) is 19.4 Å². The number of fused-ring (bicyclic) bond motifs is 1. The molecule has 1 aliphatic rings. The molecule has 26 heavy (non-hydrogen) atoms. The van der Waals surface area contributed by atoms with E-state index in [1.165, 1.54) is 0 Å². The number of hydrogen-bond acceptors (Lipinski definition) is 7. The lowest BCUT2D eigenvalue weighted by Gasteiger charge is -2.21. The molecule has 0 amide bonds. The van der Waals surface area contributed by atoms with E-state index in [2.05, 4.69) is 15.3 Å². The second-order valence-electron chi connectivity index (χ2n) is 5.75. The van der Waals surface area contributed by atoms with Gasteiger partial charge in [0, 0.05) is 22.9 Å². The molecule has 0 saturated heterocycles. The van der Waals surface area contributed by atoms with Gasteiger partial charge in [0.25, 0.3) is 0 Å². The molecule has 0 spiro atoms. The normalized spacial score (nSPS) is 12.8. The second kappa shape index (κ2) is 6.89. The molecule has 2 heterocycles. The van der Waals surface area contributed by atoms with E-state index in [1.54, 1.807) is 7.11 Å². The summed E-state index contributed by atoms with van der Waals surface area (Å²) in [5.74, 6) is 2.33. The zero-order chi connectivity index (χ0) is 17.9. The maximum atomic E-state index is 5.92. The minimum absolute atomic E-state index is 0.185. The summed E-state index contributed by atoms with van der Waals surface area (Å²) >= 11 is 0. The minimum atomic E-state index is 0.185. The Bertz CT molecular complexity index is 946. The Morgan fingerprint density at radius 2 is 2.00 bits per heavy atom. The maximum absolute atomic E-state index is 5.92. The molecular weight excluding hydrogens is 332 g/mol. The van der Waals surface area contributed by atoms with Crippen LogP contribution < -0.4 is 20.5 Å². The zero-order valence-corrected chi connectivity index (χ0v) is 14.2. The lowest BCUT2D eigenvalue weighted by atomic mass is 10.1. The van der Waals surface area contributed by atoms with Crippen LogP contribution in [0.15, 0.2) is 48.5 Å². The third-order valence-electron chi connectivity index (χ3n) is 4.05. The number of hydrogen-bond donors (Lipinski definition) is 2. The van der Waals surface area contributed by atoms with E-state index in [4.69, 9.17) is 19.9 Å². The average Bonchev–Trinajstić information content (AvgIpc) is 2.68. The van der Waals surface area contributed by atoms with E-state index in [1.807, 2.05) is 48.5 Å². The number of nitrogen functional groups attached to an aromatic ring is 1. The highest BCUT2D eigenvalue weighted by Gasteiger charge is 2.15. The molecule has 3 N–H and O–H groups in total. The molecule has 0 aliphatic carbocycles. The summed E-state index contributed by atoms with van der Waals surface area (Å²) < 4.78 is 16.2. The highest BCUT2D eigenvalue weighted by Crippen LogP contribution is 2.32. The molecule has 0 radical (unpaired) electrons. The first-order chi connectivity index (χ1) is 12.7. The van der Waals surface area contributed by atoms with Crippen LogP contribution in [0.25, 0.3) is 11.3 Å². The van der Waals surface area contributed by atoms with Crippen molar-refractivity contribution in [1.29, 1.82) is 0 Å². The Morgan fingerprint density at radius 3 is 2.88 bits per heavy atom. The Balaban J connectivity index is 1.69. The predicted molar refractivity (Wildman–Crippen MR) is 98.4 cm³/mol. The number of anilines is 3. The molecule has 3 aromatic rings. The fourth-order valence-corrected chi connectivity index (χ4v) is 2.81. The van der Waals surface area contributed by atoms with E-state index >= 15 is 0 Å². The monoisotopic (exact) mass is 350 g/mol. The molecule has 0 bridgehead atoms. The van der Waals surface area contributed by atoms with Gasteiger partial charge in [-0.2, -0.15) is 4.98 Å². The quantitative estimate of drug-likeness (QED) is 0.745. The average molecular weight is 350 g/mol. The summed E-state index contributed by atoms with van der Waals surface area (Å²) in [5.41, 5.74) is 9.31. The first-order valence-electron chi connectivity index (χ1n) is 8.11. The number of ether oxygens (including phenoxy) is 3. The first-order valence-corrected chi connectivity index (χ1v) is 8.11. The van der Waals surface area contributed by atoms with Gasteiger partial charge in [-0.15, -0.1) is 0 Å². The van der Waals surface area contributed by atoms with Crippen molar-refractivity contribution in [3.8, 4) is 22.8 Å². The SMILES string of the molecule is COc1cccc(-c2cc(Nc3cccc4c3COCO4)nc(N)n2)c1. The molecule has 1 aromatic heterocycles. The van der Waals surface area contributed by atoms with E-state index in [0.29, 0.717) is 18.1 Å². The molecule has 4 rings (SSSR count). The standard InChI is InChI=1S/C19H18N4O3/c1-24-13-5-2-4-12(8-13)16-9-18(23-19(20)22-16)21-15-6-3-7-17-14(15)10-25-11-26-17/h2-9H,10-11H2,1H3,(H3,20,21,22,23). The summed E-state index contributed by atoms with van der Waals surface area (Å²) in [5, 5.41) is 3.29. The van der Waals surface area contributed by atoms with Crippen molar-refractivity contribution < 1.29 is 14.2 Å². The summed E-state index contributed by atoms with van der Waals surface area (Å²) in [4.78, 5) is 8.62. The second-order valence-corrected chi connectivity index (χ2v) is 5.75. The highest BCUT2D eigenvalue weighted by molar-refractivity contribution is 5.70. The Kier molecular flexibility index (Phi) is 4.28. The maximum Gasteiger partial charge on any atom is 0.222 e. The van der Waals surface area contributed by atoms with Crippen molar-refractivity contribution in [2.24, 2.45) is 0 Å². The number of aromatic nitrogens is 2. The van der Waals surface area contributed by atoms with Crippen LogP contribution in [0, 0.1) is 0 Å². The van der Waals surface area contributed by atoms with Gasteiger partial charge < -0.3 is 25.3 Å². The smallest absolute Gasteiger partial charge is 0.222 e. The highest BCUT2D eigenvalue weighted by atomic mass is 16.7. The fourth-order valence-electron chi connectivity index (χ4n) is 2.81. The van der Waals surface area contributed by atoms with Gasteiger partial charge in [0.1, 0.15) is 17.3 Å². The Labute approximate surface area is 150 Å². The van der Waals surface area contributed by atoms with Gasteiger partial charge >= 0.3 is 0 Å². The van der Waals surface area contributed by atoms with Crippen LogP contribution in [0.5, 0.6) is 11.5 Å². The molecule has 132 valence electrons. The minimum Gasteiger partial charge on any atom is -0.497 e. The van der Waals surface area contributed by atoms with E-state index < -0.39 is 0 Å². The largest absolute Gasteiger partial charge is 0.497 e. The van der Waals surface area contributed by atoms with Crippen LogP contribution in [0.1, 0.15) is 5.56 Å². The van der Waals surface area contributed by atoms with Crippen molar-refractivity contribution in [3.63, 3.8) is 0 Å². The summed E-state index contributed by atoms with van der Waals surface area (Å²) in [6, 6.07) is 15.2. The molecule has 0 saturated carbocycles. The van der Waals surface area contributed by atoms with Gasteiger partial charge in [-0.25, -0.2) is 4.98 Å². The topological polar surface area (TPSA) is 91.5 Å². The Hall–Kier alpha value is -3.32. The van der Waals surface area contributed by atoms with Crippen molar-refractivity contribution in [2.45, 2.75) is 6.61 Å². The van der Waals surface area contributed by atoms with Crippen LogP contribution in [0.3, 0.4) is 0 Å². The van der Waals surface area contributed by atoms with Gasteiger partial charge in [0.2, 0.25) is 5.95 Å². The summed E-state index contributed by atoms with van der Waals surface area (Å²) in [6.45, 7) is 0.735. The molecule has 2 aromatic carbocycles. The molecule has 7 heteroatoms. The molecule has 7 nitrogen and oxygen atoms in total. The zero-order valence-electron chi connectivity index (χ0n) is 14.2. The molecular formula is C19H18N4O3. The van der Waals surface area contributed by atoms with Gasteiger partial charge in [-0.05, 0) is 24.3 Å². The number of rotatable bonds is 4.